The summed E-state index contributed by atoms with van der Waals surface area (Å²) in [7, 11) is 1.56. The molecule has 0 bridgehead atoms. The number of carbonyl (C=O) groups excluding carboxylic acids is 1. The second-order valence-corrected chi connectivity index (χ2v) is 6.05. The van der Waals surface area contributed by atoms with Crippen LogP contribution in [0.1, 0.15) is 15.9 Å². The van der Waals surface area contributed by atoms with E-state index in [0.717, 1.165) is 12.1 Å². The van der Waals surface area contributed by atoms with E-state index in [4.69, 9.17) is 16.3 Å². The molecule has 1 heterocycles. The van der Waals surface area contributed by atoms with E-state index < -0.39 is 17.6 Å². The largest absolute Gasteiger partial charge is 0.437 e. The van der Waals surface area contributed by atoms with Crippen molar-refractivity contribution in [3.05, 3.63) is 70.9 Å². The normalized spacial score (nSPS) is 11.3. The first kappa shape index (κ1) is 18.8. The van der Waals surface area contributed by atoms with Gasteiger partial charge < -0.3 is 10.1 Å². The molecule has 0 unspecified atom stereocenters. The van der Waals surface area contributed by atoms with Gasteiger partial charge >= 0.3 is 6.18 Å². The number of hydrogen-bond donors (Lipinski definition) is 1. The quantitative estimate of drug-likeness (QED) is 0.665. The molecule has 1 amide bonds. The highest BCUT2D eigenvalue weighted by Crippen LogP contribution is 2.33. The molecule has 0 saturated heterocycles. The van der Waals surface area contributed by atoms with Gasteiger partial charge in [-0.15, -0.1) is 5.10 Å². The molecule has 9 heteroatoms. The standard InChI is InChI=1S/C18H13ClF3N3O2/c1-25-10-15(16(26)23-13-6-3-5-12(19)9-13)17(24-25)27-14-7-2-4-11(8-14)18(20,21)22/h2-10H,1H3,(H,23,26). The molecule has 0 fully saturated rings. The van der Waals surface area contributed by atoms with Crippen LogP contribution in [0, 0.1) is 0 Å². The number of carbonyl (C=O) groups is 1. The zero-order valence-electron chi connectivity index (χ0n) is 13.9. The van der Waals surface area contributed by atoms with Gasteiger partial charge in [0.15, 0.2) is 0 Å². The van der Waals surface area contributed by atoms with Crippen molar-refractivity contribution >= 4 is 23.2 Å². The van der Waals surface area contributed by atoms with E-state index in [1.807, 2.05) is 0 Å². The lowest BCUT2D eigenvalue weighted by Crippen LogP contribution is -2.12. The molecule has 5 nitrogen and oxygen atoms in total. The van der Waals surface area contributed by atoms with Crippen LogP contribution in [-0.4, -0.2) is 15.7 Å². The Morgan fingerprint density at radius 1 is 1.19 bits per heavy atom. The Morgan fingerprint density at radius 2 is 1.93 bits per heavy atom. The first-order valence-electron chi connectivity index (χ1n) is 7.68. The van der Waals surface area contributed by atoms with Crippen molar-refractivity contribution in [2.45, 2.75) is 6.18 Å². The highest BCUT2D eigenvalue weighted by molar-refractivity contribution is 6.31. The van der Waals surface area contributed by atoms with Gasteiger partial charge in [0, 0.05) is 24.0 Å². The van der Waals surface area contributed by atoms with Crippen LogP contribution in [-0.2, 0) is 13.2 Å². The van der Waals surface area contributed by atoms with E-state index in [0.29, 0.717) is 10.7 Å². The molecule has 0 atom stereocenters. The van der Waals surface area contributed by atoms with E-state index in [-0.39, 0.29) is 17.2 Å². The van der Waals surface area contributed by atoms with Gasteiger partial charge in [0.25, 0.3) is 11.8 Å². The van der Waals surface area contributed by atoms with Crippen molar-refractivity contribution in [3.8, 4) is 11.6 Å². The summed E-state index contributed by atoms with van der Waals surface area (Å²) in [6, 6.07) is 10.9. The highest BCUT2D eigenvalue weighted by atomic mass is 35.5. The van der Waals surface area contributed by atoms with Gasteiger partial charge in [0.1, 0.15) is 11.3 Å². The van der Waals surface area contributed by atoms with E-state index in [9.17, 15) is 18.0 Å². The Balaban J connectivity index is 1.85. The number of hydrogen-bond acceptors (Lipinski definition) is 3. The Morgan fingerprint density at radius 3 is 2.63 bits per heavy atom. The molecule has 1 aromatic heterocycles. The third-order valence-electron chi connectivity index (χ3n) is 3.50. The molecule has 2 aromatic carbocycles. The minimum absolute atomic E-state index is 0.0647. The molecule has 0 aliphatic rings. The summed E-state index contributed by atoms with van der Waals surface area (Å²) in [5.41, 5.74) is -0.336. The molecule has 140 valence electrons. The van der Waals surface area contributed by atoms with Crippen LogP contribution in [0.4, 0.5) is 18.9 Å². The number of halogens is 4. The summed E-state index contributed by atoms with van der Waals surface area (Å²) in [4.78, 5) is 12.5. The summed E-state index contributed by atoms with van der Waals surface area (Å²) in [5, 5.41) is 7.09. The van der Waals surface area contributed by atoms with Crippen molar-refractivity contribution in [3.63, 3.8) is 0 Å². The molecular formula is C18H13ClF3N3O2. The number of anilines is 1. The second-order valence-electron chi connectivity index (χ2n) is 5.61. The molecular weight excluding hydrogens is 383 g/mol. The SMILES string of the molecule is Cn1cc(C(=O)Nc2cccc(Cl)c2)c(Oc2cccc(C(F)(F)F)c2)n1. The van der Waals surface area contributed by atoms with E-state index in [1.165, 1.54) is 23.0 Å². The third-order valence-corrected chi connectivity index (χ3v) is 3.73. The van der Waals surface area contributed by atoms with Crippen LogP contribution in [0.5, 0.6) is 11.6 Å². The molecule has 27 heavy (non-hydrogen) atoms. The van der Waals surface area contributed by atoms with E-state index in [1.54, 1.807) is 31.3 Å². The number of nitrogens with zero attached hydrogens (tertiary/aromatic N) is 2. The summed E-state index contributed by atoms with van der Waals surface area (Å²) < 4.78 is 45.3. The van der Waals surface area contributed by atoms with Gasteiger partial charge in [0.05, 0.1) is 5.56 Å². The average molecular weight is 396 g/mol. The fourth-order valence-electron chi connectivity index (χ4n) is 2.31. The molecule has 0 aliphatic carbocycles. The number of alkyl halides is 3. The molecule has 3 rings (SSSR count). The number of nitrogens with one attached hydrogen (secondary N) is 1. The molecule has 0 saturated carbocycles. The zero-order valence-corrected chi connectivity index (χ0v) is 14.7. The maximum Gasteiger partial charge on any atom is 0.416 e. The van der Waals surface area contributed by atoms with E-state index >= 15 is 0 Å². The molecule has 0 spiro atoms. The number of rotatable bonds is 4. The number of aromatic nitrogens is 2. The second kappa shape index (κ2) is 7.32. The lowest BCUT2D eigenvalue weighted by molar-refractivity contribution is -0.137. The Hall–Kier alpha value is -3.00. The maximum absolute atomic E-state index is 12.8. The van der Waals surface area contributed by atoms with Crippen molar-refractivity contribution in [1.29, 1.82) is 0 Å². The average Bonchev–Trinajstić information content (AvgIpc) is 2.95. The number of ether oxygens (including phenoxy) is 1. The Bertz CT molecular complexity index is 986. The molecule has 1 N–H and O–H groups in total. The Labute approximate surface area is 157 Å². The number of aryl methyl sites for hydroxylation is 1. The fraction of sp³-hybridized carbons (Fsp3) is 0.111. The van der Waals surface area contributed by atoms with Gasteiger partial charge in [-0.3, -0.25) is 9.48 Å². The lowest BCUT2D eigenvalue weighted by atomic mass is 10.2. The van der Waals surface area contributed by atoms with Gasteiger partial charge in [0.2, 0.25) is 0 Å². The third kappa shape index (κ3) is 4.59. The van der Waals surface area contributed by atoms with Crippen LogP contribution in [0.3, 0.4) is 0 Å². The number of amides is 1. The molecule has 0 aliphatic heterocycles. The van der Waals surface area contributed by atoms with Gasteiger partial charge in [-0.05, 0) is 36.4 Å². The van der Waals surface area contributed by atoms with Gasteiger partial charge in [-0.25, -0.2) is 0 Å². The van der Waals surface area contributed by atoms with Crippen LogP contribution >= 0.6 is 11.6 Å². The monoisotopic (exact) mass is 395 g/mol. The molecule has 3 aromatic rings. The first-order valence-corrected chi connectivity index (χ1v) is 8.06. The fourth-order valence-corrected chi connectivity index (χ4v) is 2.50. The summed E-state index contributed by atoms with van der Waals surface area (Å²) in [5.74, 6) is -0.732. The van der Waals surface area contributed by atoms with Crippen LogP contribution in [0.15, 0.2) is 54.7 Å². The summed E-state index contributed by atoms with van der Waals surface area (Å²) in [6.45, 7) is 0. The van der Waals surface area contributed by atoms with Gasteiger partial charge in [-0.2, -0.15) is 13.2 Å². The maximum atomic E-state index is 12.8. The Kier molecular flexibility index (Phi) is 5.09. The van der Waals surface area contributed by atoms with Crippen LogP contribution in [0.25, 0.3) is 0 Å². The minimum atomic E-state index is -4.50. The smallest absolute Gasteiger partial charge is 0.416 e. The predicted molar refractivity (Wildman–Crippen MR) is 94.1 cm³/mol. The lowest BCUT2D eigenvalue weighted by Gasteiger charge is -2.10. The van der Waals surface area contributed by atoms with Crippen LogP contribution in [0.2, 0.25) is 5.02 Å². The number of benzene rings is 2. The van der Waals surface area contributed by atoms with E-state index in [2.05, 4.69) is 10.4 Å². The van der Waals surface area contributed by atoms with Gasteiger partial charge in [-0.1, -0.05) is 23.7 Å². The molecule has 0 radical (unpaired) electrons. The van der Waals surface area contributed by atoms with Crippen molar-refractivity contribution in [1.82, 2.24) is 9.78 Å². The predicted octanol–water partition coefficient (Wildman–Crippen LogP) is 5.14. The zero-order chi connectivity index (χ0) is 19.6. The summed E-state index contributed by atoms with van der Waals surface area (Å²) >= 11 is 5.88. The van der Waals surface area contributed by atoms with Crippen molar-refractivity contribution < 1.29 is 22.7 Å². The summed E-state index contributed by atoms with van der Waals surface area (Å²) in [6.07, 6.45) is -3.10. The topological polar surface area (TPSA) is 56.2 Å². The van der Waals surface area contributed by atoms with Crippen molar-refractivity contribution in [2.24, 2.45) is 7.05 Å². The van der Waals surface area contributed by atoms with Crippen molar-refractivity contribution in [2.75, 3.05) is 5.32 Å². The van der Waals surface area contributed by atoms with Crippen LogP contribution < -0.4 is 10.1 Å². The first-order chi connectivity index (χ1) is 12.7. The minimum Gasteiger partial charge on any atom is -0.437 e. The highest BCUT2D eigenvalue weighted by Gasteiger charge is 2.31.